The quantitative estimate of drug-likeness (QED) is 0.782. The van der Waals surface area contributed by atoms with Gasteiger partial charge in [-0.25, -0.2) is 0 Å². The molecule has 4 nitrogen and oxygen atoms in total. The maximum Gasteiger partial charge on any atom is 0.257 e. The second-order valence-corrected chi connectivity index (χ2v) is 4.68. The summed E-state index contributed by atoms with van der Waals surface area (Å²) in [6.07, 6.45) is 2.01. The number of aromatic hydroxyl groups is 2. The zero-order valence-corrected chi connectivity index (χ0v) is 9.89. The van der Waals surface area contributed by atoms with Crippen molar-refractivity contribution in [3.05, 3.63) is 23.8 Å². The van der Waals surface area contributed by atoms with Gasteiger partial charge in [-0.3, -0.25) is 4.79 Å². The summed E-state index contributed by atoms with van der Waals surface area (Å²) in [7, 11) is 0. The molecule has 1 heterocycles. The molecule has 1 aliphatic heterocycles. The molecule has 92 valence electrons. The number of phenols is 2. The van der Waals surface area contributed by atoms with Crippen molar-refractivity contribution in [2.75, 3.05) is 13.1 Å². The van der Waals surface area contributed by atoms with Gasteiger partial charge in [0.05, 0.1) is 5.56 Å². The zero-order chi connectivity index (χ0) is 12.4. The molecule has 0 aliphatic carbocycles. The SMILES string of the molecule is CC1CCN(C(=O)c2ccc(O)cc2O)CC1. The summed E-state index contributed by atoms with van der Waals surface area (Å²) in [4.78, 5) is 13.9. The van der Waals surface area contributed by atoms with Crippen LogP contribution in [0.2, 0.25) is 0 Å². The van der Waals surface area contributed by atoms with Crippen molar-refractivity contribution in [3.63, 3.8) is 0 Å². The first-order chi connectivity index (χ1) is 8.08. The van der Waals surface area contributed by atoms with E-state index in [1.165, 1.54) is 18.2 Å². The van der Waals surface area contributed by atoms with Gasteiger partial charge in [-0.1, -0.05) is 6.92 Å². The molecule has 4 heteroatoms. The lowest BCUT2D eigenvalue weighted by molar-refractivity contribution is 0.0694. The first-order valence-corrected chi connectivity index (χ1v) is 5.89. The van der Waals surface area contributed by atoms with Crippen molar-refractivity contribution in [2.24, 2.45) is 5.92 Å². The molecule has 1 saturated heterocycles. The van der Waals surface area contributed by atoms with Crippen LogP contribution in [0.15, 0.2) is 18.2 Å². The Morgan fingerprint density at radius 1 is 1.29 bits per heavy atom. The summed E-state index contributed by atoms with van der Waals surface area (Å²) in [6.45, 7) is 3.65. The third kappa shape index (κ3) is 2.52. The van der Waals surface area contributed by atoms with E-state index in [4.69, 9.17) is 0 Å². The standard InChI is InChI=1S/C13H17NO3/c1-9-4-6-14(7-5-9)13(17)11-3-2-10(15)8-12(11)16/h2-3,8-9,15-16H,4-7H2,1H3. The monoisotopic (exact) mass is 235 g/mol. The molecule has 2 rings (SSSR count). The van der Waals surface area contributed by atoms with E-state index in [1.807, 2.05) is 0 Å². The maximum atomic E-state index is 12.1. The van der Waals surface area contributed by atoms with Crippen molar-refractivity contribution in [3.8, 4) is 11.5 Å². The van der Waals surface area contributed by atoms with Crippen molar-refractivity contribution in [1.29, 1.82) is 0 Å². The van der Waals surface area contributed by atoms with Gasteiger partial charge in [0.15, 0.2) is 0 Å². The lowest BCUT2D eigenvalue weighted by Gasteiger charge is -2.30. The fourth-order valence-electron chi connectivity index (χ4n) is 2.08. The molecule has 0 bridgehead atoms. The van der Waals surface area contributed by atoms with Crippen molar-refractivity contribution in [2.45, 2.75) is 19.8 Å². The molecular formula is C13H17NO3. The summed E-state index contributed by atoms with van der Waals surface area (Å²) in [6, 6.07) is 4.07. The van der Waals surface area contributed by atoms with E-state index in [-0.39, 0.29) is 23.0 Å². The first-order valence-electron chi connectivity index (χ1n) is 5.89. The van der Waals surface area contributed by atoms with Gasteiger partial charge < -0.3 is 15.1 Å². The molecule has 0 unspecified atom stereocenters. The molecule has 0 spiro atoms. The topological polar surface area (TPSA) is 60.8 Å². The number of carbonyl (C=O) groups excluding carboxylic acids is 1. The average Bonchev–Trinajstić information content (AvgIpc) is 2.29. The van der Waals surface area contributed by atoms with E-state index in [2.05, 4.69) is 6.92 Å². The summed E-state index contributed by atoms with van der Waals surface area (Å²) in [5.74, 6) is 0.307. The molecule has 2 N–H and O–H groups in total. The van der Waals surface area contributed by atoms with Gasteiger partial charge >= 0.3 is 0 Å². The number of benzene rings is 1. The van der Waals surface area contributed by atoms with Gasteiger partial charge in [0.1, 0.15) is 11.5 Å². The molecule has 0 saturated carbocycles. The minimum Gasteiger partial charge on any atom is -0.508 e. The first kappa shape index (κ1) is 11.8. The molecule has 1 aliphatic rings. The Morgan fingerprint density at radius 3 is 2.53 bits per heavy atom. The second-order valence-electron chi connectivity index (χ2n) is 4.68. The minimum atomic E-state index is -0.159. The molecular weight excluding hydrogens is 218 g/mol. The Hall–Kier alpha value is -1.71. The van der Waals surface area contributed by atoms with Crippen LogP contribution in [-0.4, -0.2) is 34.1 Å². The van der Waals surface area contributed by atoms with Crippen LogP contribution in [0.3, 0.4) is 0 Å². The summed E-state index contributed by atoms with van der Waals surface area (Å²) < 4.78 is 0. The van der Waals surface area contributed by atoms with Crippen molar-refractivity contribution >= 4 is 5.91 Å². The van der Waals surface area contributed by atoms with E-state index < -0.39 is 0 Å². The highest BCUT2D eigenvalue weighted by Crippen LogP contribution is 2.25. The highest BCUT2D eigenvalue weighted by Gasteiger charge is 2.23. The van der Waals surface area contributed by atoms with Crippen LogP contribution >= 0.6 is 0 Å². The Balaban J connectivity index is 2.14. The van der Waals surface area contributed by atoms with E-state index in [0.717, 1.165) is 25.9 Å². The van der Waals surface area contributed by atoms with Crippen molar-refractivity contribution in [1.82, 2.24) is 4.90 Å². The molecule has 1 fully saturated rings. The van der Waals surface area contributed by atoms with Gasteiger partial charge in [0, 0.05) is 19.2 Å². The second kappa shape index (κ2) is 4.65. The van der Waals surface area contributed by atoms with Gasteiger partial charge in [-0.05, 0) is 30.9 Å². The molecule has 0 atom stereocenters. The van der Waals surface area contributed by atoms with E-state index >= 15 is 0 Å². The number of hydrogen-bond acceptors (Lipinski definition) is 3. The zero-order valence-electron chi connectivity index (χ0n) is 9.89. The number of piperidine rings is 1. The Kier molecular flexibility index (Phi) is 3.22. The lowest BCUT2D eigenvalue weighted by atomic mass is 9.98. The van der Waals surface area contributed by atoms with Crippen LogP contribution in [0.5, 0.6) is 11.5 Å². The molecule has 0 aromatic heterocycles. The third-order valence-corrected chi connectivity index (χ3v) is 3.28. The van der Waals surface area contributed by atoms with Crippen LogP contribution in [-0.2, 0) is 0 Å². The summed E-state index contributed by atoms with van der Waals surface area (Å²) >= 11 is 0. The van der Waals surface area contributed by atoms with Crippen LogP contribution in [0, 0.1) is 5.92 Å². The lowest BCUT2D eigenvalue weighted by Crippen LogP contribution is -2.37. The number of rotatable bonds is 1. The number of carbonyl (C=O) groups is 1. The maximum absolute atomic E-state index is 12.1. The fraction of sp³-hybridized carbons (Fsp3) is 0.462. The van der Waals surface area contributed by atoms with Crippen LogP contribution < -0.4 is 0 Å². The van der Waals surface area contributed by atoms with Gasteiger partial charge in [0.2, 0.25) is 0 Å². The van der Waals surface area contributed by atoms with E-state index in [9.17, 15) is 15.0 Å². The van der Waals surface area contributed by atoms with Gasteiger partial charge in [-0.2, -0.15) is 0 Å². The van der Waals surface area contributed by atoms with Crippen LogP contribution in [0.4, 0.5) is 0 Å². The minimum absolute atomic E-state index is 0.0358. The van der Waals surface area contributed by atoms with Gasteiger partial charge in [0.25, 0.3) is 5.91 Å². The Bertz CT molecular complexity index is 423. The number of phenolic OH excluding ortho intramolecular Hbond substituents is 2. The van der Waals surface area contributed by atoms with E-state index in [0.29, 0.717) is 5.92 Å². The van der Waals surface area contributed by atoms with Crippen LogP contribution in [0.25, 0.3) is 0 Å². The third-order valence-electron chi connectivity index (χ3n) is 3.28. The highest BCUT2D eigenvalue weighted by molar-refractivity contribution is 5.97. The number of nitrogens with zero attached hydrogens (tertiary/aromatic N) is 1. The van der Waals surface area contributed by atoms with Crippen molar-refractivity contribution < 1.29 is 15.0 Å². The smallest absolute Gasteiger partial charge is 0.257 e. The van der Waals surface area contributed by atoms with E-state index in [1.54, 1.807) is 4.90 Å². The highest BCUT2D eigenvalue weighted by atomic mass is 16.3. The average molecular weight is 235 g/mol. The number of likely N-dealkylation sites (tertiary alicyclic amines) is 1. The fourth-order valence-corrected chi connectivity index (χ4v) is 2.08. The molecule has 1 aromatic carbocycles. The summed E-state index contributed by atoms with van der Waals surface area (Å²) in [5.41, 5.74) is 0.261. The Labute approximate surface area is 100 Å². The summed E-state index contributed by atoms with van der Waals surface area (Å²) in [5, 5.41) is 18.8. The number of hydrogen-bond donors (Lipinski definition) is 2. The largest absolute Gasteiger partial charge is 0.508 e. The Morgan fingerprint density at radius 2 is 1.94 bits per heavy atom. The predicted molar refractivity (Wildman–Crippen MR) is 64.1 cm³/mol. The molecule has 1 amide bonds. The van der Waals surface area contributed by atoms with Gasteiger partial charge in [-0.15, -0.1) is 0 Å². The molecule has 1 aromatic rings. The molecule has 17 heavy (non-hydrogen) atoms. The van der Waals surface area contributed by atoms with Crippen LogP contribution in [0.1, 0.15) is 30.1 Å². The predicted octanol–water partition coefficient (Wildman–Crippen LogP) is 1.97. The molecule has 0 radical (unpaired) electrons. The number of amides is 1. The normalized spacial score (nSPS) is 17.1.